The molecule has 0 radical (unpaired) electrons. The maximum Gasteiger partial charge on any atom is 0.178 e. The number of imidazole rings is 1. The van der Waals surface area contributed by atoms with Gasteiger partial charge in [-0.2, -0.15) is 0 Å². The summed E-state index contributed by atoms with van der Waals surface area (Å²) in [6, 6.07) is 16.9. The molecule has 2 unspecified atom stereocenters. The summed E-state index contributed by atoms with van der Waals surface area (Å²) in [6.45, 7) is 6.08. The number of ether oxygens (including phenoxy) is 2. The molecule has 0 saturated heterocycles. The fourth-order valence-electron chi connectivity index (χ4n) is 3.00. The maximum atomic E-state index is 11.7. The third kappa shape index (κ3) is 6.38. The first-order chi connectivity index (χ1) is 16.0. The minimum Gasteiger partial charge on any atom is -0.491 e. The van der Waals surface area contributed by atoms with E-state index in [1.807, 2.05) is 69.0 Å². The van der Waals surface area contributed by atoms with E-state index in [4.69, 9.17) is 14.6 Å². The van der Waals surface area contributed by atoms with Crippen molar-refractivity contribution in [1.29, 1.82) is 0 Å². The fourth-order valence-corrected chi connectivity index (χ4v) is 5.13. The van der Waals surface area contributed by atoms with Crippen LogP contribution >= 0.6 is 7.12 Å². The molecule has 0 fully saturated rings. The zero-order valence-electron chi connectivity index (χ0n) is 19.1. The molecule has 0 bridgehead atoms. The van der Waals surface area contributed by atoms with Crippen molar-refractivity contribution in [3.8, 4) is 28.6 Å². The number of aromatic amines is 1. The second-order valence-corrected chi connectivity index (χ2v) is 12.3. The van der Waals surface area contributed by atoms with Gasteiger partial charge in [0.05, 0.1) is 12.1 Å². The zero-order chi connectivity index (χ0) is 23.8. The van der Waals surface area contributed by atoms with Gasteiger partial charge in [-0.15, -0.1) is 0 Å². The highest BCUT2D eigenvalue weighted by atomic mass is 32.7. The average molecular weight is 486 g/mol. The first-order valence-electron chi connectivity index (χ1n) is 10.6. The van der Waals surface area contributed by atoms with Crippen molar-refractivity contribution in [1.82, 2.24) is 15.0 Å². The van der Waals surface area contributed by atoms with Crippen LogP contribution in [0.15, 0.2) is 60.8 Å². The molecule has 9 heteroatoms. The monoisotopic (exact) mass is 485 g/mol. The van der Waals surface area contributed by atoms with Gasteiger partial charge in [-0.25, -0.2) is 9.97 Å². The normalized spacial score (nSPS) is 12.5. The van der Waals surface area contributed by atoms with E-state index in [9.17, 15) is 4.21 Å². The van der Waals surface area contributed by atoms with E-state index in [2.05, 4.69) is 15.0 Å². The van der Waals surface area contributed by atoms with E-state index in [1.165, 1.54) is 0 Å². The average Bonchev–Trinajstić information content (AvgIpc) is 3.28. The Labute approximate surface area is 197 Å². The lowest BCUT2D eigenvalue weighted by atomic mass is 10.2. The highest BCUT2D eigenvalue weighted by molar-refractivity contribution is 8.48. The minimum absolute atomic E-state index is 0.0881. The number of rotatable bonds is 8. The van der Waals surface area contributed by atoms with Gasteiger partial charge in [-0.3, -0.25) is 4.21 Å². The van der Waals surface area contributed by atoms with Crippen LogP contribution in [0.4, 0.5) is 0 Å². The SMILES string of the molecule is CC.CP(c1ccc(Oc2cc(OCCO)cc(-c3nc4ncccc4[nH]3)c2)cc1)S(C)=O. The summed E-state index contributed by atoms with van der Waals surface area (Å²) in [7, 11) is -1.58. The summed E-state index contributed by atoms with van der Waals surface area (Å²) in [6.07, 6.45) is 3.42. The molecule has 0 aliphatic rings. The summed E-state index contributed by atoms with van der Waals surface area (Å²) in [5, 5.41) is 10.2. The molecular formula is C24H28N3O4PS. The molecule has 2 heterocycles. The number of hydrogen-bond acceptors (Lipinski definition) is 6. The number of aliphatic hydroxyl groups is 1. The summed E-state index contributed by atoms with van der Waals surface area (Å²) in [5.41, 5.74) is 2.24. The van der Waals surface area contributed by atoms with Gasteiger partial charge < -0.3 is 19.6 Å². The zero-order valence-corrected chi connectivity index (χ0v) is 20.8. The lowest BCUT2D eigenvalue weighted by molar-refractivity contribution is 0.201. The van der Waals surface area contributed by atoms with E-state index >= 15 is 0 Å². The highest BCUT2D eigenvalue weighted by Gasteiger charge is 2.12. The van der Waals surface area contributed by atoms with E-state index in [0.717, 1.165) is 16.4 Å². The Balaban J connectivity index is 0.00000149. The molecule has 0 aliphatic carbocycles. The van der Waals surface area contributed by atoms with Gasteiger partial charge in [-0.1, -0.05) is 13.8 Å². The highest BCUT2D eigenvalue weighted by Crippen LogP contribution is 2.35. The smallest absolute Gasteiger partial charge is 0.178 e. The molecule has 2 aromatic carbocycles. The topological polar surface area (TPSA) is 97.3 Å². The lowest BCUT2D eigenvalue weighted by Gasteiger charge is -2.12. The van der Waals surface area contributed by atoms with Crippen LogP contribution in [-0.4, -0.2) is 50.4 Å². The van der Waals surface area contributed by atoms with Crippen molar-refractivity contribution in [2.45, 2.75) is 13.8 Å². The summed E-state index contributed by atoms with van der Waals surface area (Å²) >= 11 is 0. The Morgan fingerprint density at radius 3 is 2.45 bits per heavy atom. The van der Waals surface area contributed by atoms with Crippen LogP contribution in [-0.2, 0) is 10.4 Å². The number of hydrogen-bond donors (Lipinski definition) is 2. The fraction of sp³-hybridized carbons (Fsp3) is 0.250. The first-order valence-corrected chi connectivity index (χ1v) is 14.5. The first kappa shape index (κ1) is 24.8. The summed E-state index contributed by atoms with van der Waals surface area (Å²) in [4.78, 5) is 12.1. The molecule has 2 aromatic heterocycles. The molecule has 33 heavy (non-hydrogen) atoms. The Hall–Kier alpha value is -2.80. The van der Waals surface area contributed by atoms with Crippen LogP contribution in [0.25, 0.3) is 22.6 Å². The quantitative estimate of drug-likeness (QED) is 0.347. The van der Waals surface area contributed by atoms with E-state index < -0.39 is 17.5 Å². The van der Waals surface area contributed by atoms with E-state index in [1.54, 1.807) is 18.5 Å². The number of pyridine rings is 1. The second-order valence-electron chi connectivity index (χ2n) is 6.74. The predicted molar refractivity (Wildman–Crippen MR) is 136 cm³/mol. The lowest BCUT2D eigenvalue weighted by Crippen LogP contribution is -2.03. The van der Waals surface area contributed by atoms with Crippen LogP contribution in [0, 0.1) is 0 Å². The number of H-pyrrole nitrogens is 1. The van der Waals surface area contributed by atoms with Crippen LogP contribution in [0.5, 0.6) is 17.2 Å². The van der Waals surface area contributed by atoms with Crippen molar-refractivity contribution >= 4 is 34.0 Å². The molecular weight excluding hydrogens is 457 g/mol. The molecule has 174 valence electrons. The number of benzene rings is 2. The standard InChI is InChI=1S/C22H22N3O4PS.C2H6/c1-30(31(2)27)19-7-5-16(6-8-19)29-18-13-15(12-17(14-18)28-11-10-26)21-24-20-4-3-9-23-22(20)25-21;1-2/h3-9,12-14,26H,10-11H2,1-2H3,(H,23,24,25);1-2H3. The summed E-state index contributed by atoms with van der Waals surface area (Å²) in [5.74, 6) is 2.44. The van der Waals surface area contributed by atoms with E-state index in [0.29, 0.717) is 28.7 Å². The Kier molecular flexibility index (Phi) is 8.95. The second kappa shape index (κ2) is 11.9. The van der Waals surface area contributed by atoms with Crippen molar-refractivity contribution < 1.29 is 18.8 Å². The van der Waals surface area contributed by atoms with Crippen LogP contribution in [0.2, 0.25) is 0 Å². The van der Waals surface area contributed by atoms with Crippen LogP contribution in [0.1, 0.15) is 13.8 Å². The van der Waals surface area contributed by atoms with Gasteiger partial charge in [0.2, 0.25) is 0 Å². The molecule has 2 N–H and O–H groups in total. The number of fused-ring (bicyclic) bond motifs is 1. The number of aliphatic hydroxyl groups excluding tert-OH is 1. The van der Waals surface area contributed by atoms with E-state index in [-0.39, 0.29) is 13.2 Å². The Morgan fingerprint density at radius 1 is 1.06 bits per heavy atom. The van der Waals surface area contributed by atoms with Gasteiger partial charge >= 0.3 is 0 Å². The van der Waals surface area contributed by atoms with Gasteiger partial charge in [0.1, 0.15) is 29.7 Å². The molecule has 7 nitrogen and oxygen atoms in total. The third-order valence-corrected chi connectivity index (χ3v) is 9.34. The van der Waals surface area contributed by atoms with Gasteiger partial charge in [0.25, 0.3) is 0 Å². The Morgan fingerprint density at radius 2 is 1.79 bits per heavy atom. The molecule has 0 spiro atoms. The maximum absolute atomic E-state index is 11.7. The molecule has 0 aliphatic heterocycles. The van der Waals surface area contributed by atoms with Crippen molar-refractivity contribution in [3.63, 3.8) is 0 Å². The number of nitrogens with one attached hydrogen (secondary N) is 1. The molecule has 0 saturated carbocycles. The molecule has 2 atom stereocenters. The largest absolute Gasteiger partial charge is 0.491 e. The molecule has 4 rings (SSSR count). The van der Waals surface area contributed by atoms with Crippen LogP contribution < -0.4 is 14.8 Å². The van der Waals surface area contributed by atoms with Gasteiger partial charge in [0.15, 0.2) is 5.65 Å². The van der Waals surface area contributed by atoms with Crippen molar-refractivity contribution in [2.75, 3.05) is 26.1 Å². The minimum atomic E-state index is -0.872. The molecule has 4 aromatic rings. The van der Waals surface area contributed by atoms with Crippen LogP contribution in [0.3, 0.4) is 0 Å². The van der Waals surface area contributed by atoms with Crippen molar-refractivity contribution in [3.05, 3.63) is 60.8 Å². The molecule has 0 amide bonds. The number of nitrogens with zero attached hydrogens (tertiary/aromatic N) is 2. The van der Waals surface area contributed by atoms with Crippen molar-refractivity contribution in [2.24, 2.45) is 0 Å². The third-order valence-electron chi connectivity index (χ3n) is 4.59. The van der Waals surface area contributed by atoms with Gasteiger partial charge in [-0.05, 0) is 60.5 Å². The predicted octanol–water partition coefficient (Wildman–Crippen LogP) is 4.85. The summed E-state index contributed by atoms with van der Waals surface area (Å²) < 4.78 is 23.4. The Bertz CT molecular complexity index is 1180. The number of aromatic nitrogens is 3. The van der Waals surface area contributed by atoms with Gasteiger partial charge in [0, 0.05) is 41.6 Å².